The highest BCUT2D eigenvalue weighted by molar-refractivity contribution is 5.75. The van der Waals surface area contributed by atoms with E-state index in [4.69, 9.17) is 0 Å². The number of carbonyl (C=O) groups is 1. The topological polar surface area (TPSA) is 95.4 Å². The van der Waals surface area contributed by atoms with Gasteiger partial charge in [-0.05, 0) is 18.1 Å². The summed E-state index contributed by atoms with van der Waals surface area (Å²) in [4.78, 5) is 18.3. The summed E-state index contributed by atoms with van der Waals surface area (Å²) in [6.07, 6.45) is 0.347. The Bertz CT molecular complexity index is 551. The standard InChI is InChI=1S/C14H16N2O4/c1-2-20-14(19)13(18)12(17)10-5-3-9(4-6-10)11-7-15-8-16-11/h3-8,12-13,17-18H,2H2,1H3,(H,15,16). The summed E-state index contributed by atoms with van der Waals surface area (Å²) in [6, 6.07) is 6.82. The average molecular weight is 276 g/mol. The third kappa shape index (κ3) is 3.04. The molecule has 0 aliphatic heterocycles. The first-order valence-electron chi connectivity index (χ1n) is 6.25. The predicted molar refractivity (Wildman–Crippen MR) is 71.6 cm³/mol. The van der Waals surface area contributed by atoms with Crippen LogP contribution in [0.2, 0.25) is 0 Å². The van der Waals surface area contributed by atoms with Crippen LogP contribution in [0.1, 0.15) is 18.6 Å². The molecule has 6 nitrogen and oxygen atoms in total. The van der Waals surface area contributed by atoms with Gasteiger partial charge in [-0.1, -0.05) is 24.3 Å². The van der Waals surface area contributed by atoms with Gasteiger partial charge >= 0.3 is 5.97 Å². The van der Waals surface area contributed by atoms with Crippen molar-refractivity contribution >= 4 is 5.97 Å². The molecule has 0 radical (unpaired) electrons. The fraction of sp³-hybridized carbons (Fsp3) is 0.286. The van der Waals surface area contributed by atoms with E-state index < -0.39 is 18.2 Å². The number of ether oxygens (including phenoxy) is 1. The van der Waals surface area contributed by atoms with Gasteiger partial charge in [-0.25, -0.2) is 9.78 Å². The molecule has 0 bridgehead atoms. The number of aliphatic hydroxyl groups is 2. The second kappa shape index (κ2) is 6.31. The van der Waals surface area contributed by atoms with Gasteiger partial charge in [0.15, 0.2) is 6.10 Å². The van der Waals surface area contributed by atoms with Crippen molar-refractivity contribution in [2.24, 2.45) is 0 Å². The van der Waals surface area contributed by atoms with Crippen molar-refractivity contribution in [3.63, 3.8) is 0 Å². The molecule has 2 atom stereocenters. The number of carbonyl (C=O) groups excluding carboxylic acids is 1. The molecule has 6 heteroatoms. The number of imidazole rings is 1. The highest BCUT2D eigenvalue weighted by Gasteiger charge is 2.26. The summed E-state index contributed by atoms with van der Waals surface area (Å²) in [5, 5.41) is 19.6. The first-order valence-corrected chi connectivity index (χ1v) is 6.25. The molecule has 0 aliphatic carbocycles. The van der Waals surface area contributed by atoms with E-state index in [1.807, 2.05) is 0 Å². The molecule has 0 fully saturated rings. The summed E-state index contributed by atoms with van der Waals surface area (Å²) in [5.41, 5.74) is 2.18. The van der Waals surface area contributed by atoms with Gasteiger partial charge in [-0.15, -0.1) is 0 Å². The van der Waals surface area contributed by atoms with E-state index in [9.17, 15) is 15.0 Å². The zero-order chi connectivity index (χ0) is 14.5. The fourth-order valence-corrected chi connectivity index (χ4v) is 1.81. The van der Waals surface area contributed by atoms with Crippen LogP contribution >= 0.6 is 0 Å². The second-order valence-corrected chi connectivity index (χ2v) is 4.23. The lowest BCUT2D eigenvalue weighted by atomic mass is 10.0. The quantitative estimate of drug-likeness (QED) is 0.709. The summed E-state index contributed by atoms with van der Waals surface area (Å²) >= 11 is 0. The number of esters is 1. The van der Waals surface area contributed by atoms with Gasteiger partial charge in [0.25, 0.3) is 0 Å². The maximum Gasteiger partial charge on any atom is 0.338 e. The van der Waals surface area contributed by atoms with E-state index in [0.717, 1.165) is 11.3 Å². The lowest BCUT2D eigenvalue weighted by molar-refractivity contribution is -0.159. The van der Waals surface area contributed by atoms with Crippen molar-refractivity contribution < 1.29 is 19.7 Å². The molecular weight excluding hydrogens is 260 g/mol. The van der Waals surface area contributed by atoms with Gasteiger partial charge in [-0.3, -0.25) is 0 Å². The Morgan fingerprint density at radius 1 is 1.35 bits per heavy atom. The largest absolute Gasteiger partial charge is 0.464 e. The number of hydrogen-bond acceptors (Lipinski definition) is 5. The maximum atomic E-state index is 11.4. The van der Waals surface area contributed by atoms with Crippen molar-refractivity contribution in [3.8, 4) is 11.3 Å². The van der Waals surface area contributed by atoms with E-state index >= 15 is 0 Å². The Hall–Kier alpha value is -2.18. The van der Waals surface area contributed by atoms with Crippen molar-refractivity contribution in [2.45, 2.75) is 19.1 Å². The smallest absolute Gasteiger partial charge is 0.338 e. The monoisotopic (exact) mass is 276 g/mol. The Balaban J connectivity index is 2.11. The summed E-state index contributed by atoms with van der Waals surface area (Å²) in [6.45, 7) is 1.79. The number of nitrogens with zero attached hydrogens (tertiary/aromatic N) is 1. The number of aromatic amines is 1. The Morgan fingerprint density at radius 2 is 2.05 bits per heavy atom. The summed E-state index contributed by atoms with van der Waals surface area (Å²) < 4.78 is 4.67. The van der Waals surface area contributed by atoms with Gasteiger partial charge in [0.05, 0.1) is 24.8 Å². The van der Waals surface area contributed by atoms with Gasteiger partial charge in [-0.2, -0.15) is 0 Å². The Morgan fingerprint density at radius 3 is 2.60 bits per heavy atom. The molecule has 20 heavy (non-hydrogen) atoms. The first-order chi connectivity index (χ1) is 9.63. The SMILES string of the molecule is CCOC(=O)C(O)C(O)c1ccc(-c2cnc[nH]2)cc1. The van der Waals surface area contributed by atoms with E-state index in [1.165, 1.54) is 0 Å². The van der Waals surface area contributed by atoms with Crippen LogP contribution in [0.15, 0.2) is 36.8 Å². The maximum absolute atomic E-state index is 11.4. The minimum atomic E-state index is -1.59. The van der Waals surface area contributed by atoms with Crippen LogP contribution in [0.3, 0.4) is 0 Å². The van der Waals surface area contributed by atoms with Gasteiger partial charge in [0, 0.05) is 0 Å². The third-order valence-corrected chi connectivity index (χ3v) is 2.89. The Kier molecular flexibility index (Phi) is 4.49. The normalized spacial score (nSPS) is 13.8. The van der Waals surface area contributed by atoms with E-state index in [1.54, 1.807) is 43.7 Å². The lowest BCUT2D eigenvalue weighted by Crippen LogP contribution is -2.29. The fourth-order valence-electron chi connectivity index (χ4n) is 1.81. The Labute approximate surface area is 116 Å². The van der Waals surface area contributed by atoms with E-state index in [0.29, 0.717) is 5.56 Å². The molecule has 3 N–H and O–H groups in total. The van der Waals surface area contributed by atoms with Crippen LogP contribution in [-0.2, 0) is 9.53 Å². The van der Waals surface area contributed by atoms with Crippen LogP contribution in [-0.4, -0.2) is 38.9 Å². The summed E-state index contributed by atoms with van der Waals surface area (Å²) in [5.74, 6) is -0.836. The van der Waals surface area contributed by atoms with Crippen LogP contribution in [0.4, 0.5) is 0 Å². The molecule has 0 saturated heterocycles. The number of hydrogen-bond donors (Lipinski definition) is 3. The molecule has 106 valence electrons. The number of H-pyrrole nitrogens is 1. The molecule has 2 unspecified atom stereocenters. The van der Waals surface area contributed by atoms with Crippen LogP contribution < -0.4 is 0 Å². The number of aromatic nitrogens is 2. The van der Waals surface area contributed by atoms with E-state index in [2.05, 4.69) is 14.7 Å². The predicted octanol–water partition coefficient (Wildman–Crippen LogP) is 1.03. The van der Waals surface area contributed by atoms with Crippen molar-refractivity contribution in [1.82, 2.24) is 9.97 Å². The number of rotatable bonds is 5. The minimum absolute atomic E-state index is 0.154. The minimum Gasteiger partial charge on any atom is -0.464 e. The molecule has 1 aromatic heterocycles. The number of aliphatic hydroxyl groups excluding tert-OH is 2. The van der Waals surface area contributed by atoms with Gasteiger partial charge in [0.1, 0.15) is 6.10 Å². The lowest BCUT2D eigenvalue weighted by Gasteiger charge is -2.16. The highest BCUT2D eigenvalue weighted by Crippen LogP contribution is 2.22. The molecule has 1 aromatic carbocycles. The first kappa shape index (κ1) is 14.2. The molecule has 2 aromatic rings. The van der Waals surface area contributed by atoms with Crippen molar-refractivity contribution in [1.29, 1.82) is 0 Å². The molecule has 1 heterocycles. The molecule has 0 amide bonds. The van der Waals surface area contributed by atoms with Gasteiger partial charge < -0.3 is 19.9 Å². The van der Waals surface area contributed by atoms with Crippen LogP contribution in [0, 0.1) is 0 Å². The number of nitrogens with one attached hydrogen (secondary N) is 1. The molecule has 0 aliphatic rings. The van der Waals surface area contributed by atoms with E-state index in [-0.39, 0.29) is 6.61 Å². The molecule has 2 rings (SSSR count). The van der Waals surface area contributed by atoms with Crippen LogP contribution in [0.25, 0.3) is 11.3 Å². The number of benzene rings is 1. The average Bonchev–Trinajstić information content (AvgIpc) is 3.00. The molecular formula is C14H16N2O4. The van der Waals surface area contributed by atoms with Crippen molar-refractivity contribution in [3.05, 3.63) is 42.4 Å². The van der Waals surface area contributed by atoms with Crippen molar-refractivity contribution in [2.75, 3.05) is 6.61 Å². The molecule has 0 saturated carbocycles. The highest BCUT2D eigenvalue weighted by atomic mass is 16.5. The molecule has 0 spiro atoms. The second-order valence-electron chi connectivity index (χ2n) is 4.23. The van der Waals surface area contributed by atoms with Crippen LogP contribution in [0.5, 0.6) is 0 Å². The van der Waals surface area contributed by atoms with Gasteiger partial charge in [0.2, 0.25) is 0 Å². The third-order valence-electron chi connectivity index (χ3n) is 2.89. The summed E-state index contributed by atoms with van der Waals surface area (Å²) in [7, 11) is 0. The zero-order valence-corrected chi connectivity index (χ0v) is 11.0. The zero-order valence-electron chi connectivity index (χ0n) is 11.0.